The maximum atomic E-state index is 12.0. The van der Waals surface area contributed by atoms with Gasteiger partial charge in [-0.05, 0) is 65.9 Å². The summed E-state index contributed by atoms with van der Waals surface area (Å²) >= 11 is 0. The number of hydrogen-bond acceptors (Lipinski definition) is 4. The lowest BCUT2D eigenvalue weighted by atomic mass is 9.76. The zero-order valence-electron chi connectivity index (χ0n) is 14.8. The molecule has 0 aromatic carbocycles. The van der Waals surface area contributed by atoms with Gasteiger partial charge in [-0.15, -0.1) is 0 Å². The van der Waals surface area contributed by atoms with Crippen molar-refractivity contribution in [3.05, 3.63) is 11.6 Å². The van der Waals surface area contributed by atoms with Crippen LogP contribution in [0.1, 0.15) is 61.3 Å². The second kappa shape index (κ2) is 6.71. The SMILES string of the molecule is CC(=O)O[C@H]1C[C@H](C(C)(C)NC(=O)OC(C)(C)C)CC=C1C. The Morgan fingerprint density at radius 1 is 1.23 bits per heavy atom. The van der Waals surface area contributed by atoms with Crippen LogP contribution in [0.3, 0.4) is 0 Å². The van der Waals surface area contributed by atoms with Gasteiger partial charge in [0, 0.05) is 12.5 Å². The molecule has 126 valence electrons. The predicted molar refractivity (Wildman–Crippen MR) is 85.5 cm³/mol. The third-order valence-electron chi connectivity index (χ3n) is 3.88. The van der Waals surface area contributed by atoms with Crippen molar-refractivity contribution in [3.8, 4) is 0 Å². The van der Waals surface area contributed by atoms with E-state index in [-0.39, 0.29) is 18.0 Å². The maximum absolute atomic E-state index is 12.0. The number of hydrogen-bond donors (Lipinski definition) is 1. The molecule has 0 saturated carbocycles. The molecule has 0 aromatic rings. The largest absolute Gasteiger partial charge is 0.458 e. The van der Waals surface area contributed by atoms with Gasteiger partial charge in [0.2, 0.25) is 0 Å². The van der Waals surface area contributed by atoms with E-state index in [9.17, 15) is 9.59 Å². The number of alkyl carbamates (subject to hydrolysis) is 1. The Labute approximate surface area is 133 Å². The average Bonchev–Trinajstić information content (AvgIpc) is 2.27. The molecular weight excluding hydrogens is 282 g/mol. The molecule has 0 aliphatic heterocycles. The molecule has 1 rings (SSSR count). The Bertz CT molecular complexity index is 460. The summed E-state index contributed by atoms with van der Waals surface area (Å²) in [6.07, 6.45) is 2.99. The van der Waals surface area contributed by atoms with Crippen LogP contribution in [0, 0.1) is 5.92 Å². The number of carbonyl (C=O) groups excluding carboxylic acids is 2. The predicted octanol–water partition coefficient (Wildman–Crippen LogP) is 3.58. The molecule has 0 saturated heterocycles. The van der Waals surface area contributed by atoms with Gasteiger partial charge < -0.3 is 14.8 Å². The molecule has 1 amide bonds. The first kappa shape index (κ1) is 18.5. The van der Waals surface area contributed by atoms with Crippen molar-refractivity contribution in [3.63, 3.8) is 0 Å². The van der Waals surface area contributed by atoms with E-state index in [0.717, 1.165) is 12.0 Å². The van der Waals surface area contributed by atoms with Crippen LogP contribution >= 0.6 is 0 Å². The molecule has 0 bridgehead atoms. The molecule has 0 heterocycles. The van der Waals surface area contributed by atoms with Crippen molar-refractivity contribution in [1.29, 1.82) is 0 Å². The van der Waals surface area contributed by atoms with Crippen LogP contribution in [-0.4, -0.2) is 29.3 Å². The summed E-state index contributed by atoms with van der Waals surface area (Å²) < 4.78 is 10.7. The Balaban J connectivity index is 2.73. The minimum absolute atomic E-state index is 0.174. The fraction of sp³-hybridized carbons (Fsp3) is 0.765. The molecule has 0 unspecified atom stereocenters. The summed E-state index contributed by atoms with van der Waals surface area (Å²) in [6, 6.07) is 0. The quantitative estimate of drug-likeness (QED) is 0.639. The monoisotopic (exact) mass is 311 g/mol. The first-order chi connectivity index (χ1) is 9.90. The number of amides is 1. The molecule has 22 heavy (non-hydrogen) atoms. The minimum atomic E-state index is -0.524. The molecule has 0 spiro atoms. The lowest BCUT2D eigenvalue weighted by Gasteiger charge is -2.39. The maximum Gasteiger partial charge on any atom is 0.408 e. The van der Waals surface area contributed by atoms with Crippen LogP contribution in [0.15, 0.2) is 11.6 Å². The molecule has 1 aliphatic rings. The standard InChI is InChI=1S/C17H29NO4/c1-11-8-9-13(10-14(11)21-12(2)19)17(6,7)18-15(20)22-16(3,4)5/h8,13-14H,9-10H2,1-7H3,(H,18,20)/t13-,14+/m1/s1. The average molecular weight is 311 g/mol. The zero-order valence-corrected chi connectivity index (χ0v) is 14.8. The van der Waals surface area contributed by atoms with E-state index in [1.807, 2.05) is 41.5 Å². The van der Waals surface area contributed by atoms with Crippen LogP contribution in [0.2, 0.25) is 0 Å². The highest BCUT2D eigenvalue weighted by molar-refractivity contribution is 5.68. The molecule has 1 aliphatic carbocycles. The number of ether oxygens (including phenoxy) is 2. The first-order valence-electron chi connectivity index (χ1n) is 7.76. The molecule has 5 nitrogen and oxygen atoms in total. The lowest BCUT2D eigenvalue weighted by molar-refractivity contribution is -0.145. The fourth-order valence-electron chi connectivity index (χ4n) is 2.60. The summed E-state index contributed by atoms with van der Waals surface area (Å²) in [7, 11) is 0. The van der Waals surface area contributed by atoms with Crippen LogP contribution in [0.4, 0.5) is 4.79 Å². The summed E-state index contributed by atoms with van der Waals surface area (Å²) in [5.74, 6) is -0.107. The van der Waals surface area contributed by atoms with Gasteiger partial charge in [-0.2, -0.15) is 0 Å². The van der Waals surface area contributed by atoms with Crippen molar-refractivity contribution < 1.29 is 19.1 Å². The van der Waals surface area contributed by atoms with E-state index in [1.54, 1.807) is 0 Å². The number of esters is 1. The van der Waals surface area contributed by atoms with Crippen LogP contribution in [-0.2, 0) is 14.3 Å². The molecule has 0 fully saturated rings. The highest BCUT2D eigenvalue weighted by Gasteiger charge is 2.36. The number of carbonyl (C=O) groups is 2. The smallest absolute Gasteiger partial charge is 0.408 e. The van der Waals surface area contributed by atoms with Gasteiger partial charge in [0.1, 0.15) is 11.7 Å². The van der Waals surface area contributed by atoms with Crippen LogP contribution in [0.25, 0.3) is 0 Å². The topological polar surface area (TPSA) is 64.6 Å². The van der Waals surface area contributed by atoms with Gasteiger partial charge in [0.05, 0.1) is 0 Å². The van der Waals surface area contributed by atoms with E-state index >= 15 is 0 Å². The van der Waals surface area contributed by atoms with Crippen molar-refractivity contribution >= 4 is 12.1 Å². The summed E-state index contributed by atoms with van der Waals surface area (Å²) in [4.78, 5) is 23.2. The summed E-state index contributed by atoms with van der Waals surface area (Å²) in [5, 5.41) is 2.94. The Morgan fingerprint density at radius 2 is 1.82 bits per heavy atom. The van der Waals surface area contributed by atoms with Gasteiger partial charge in [-0.25, -0.2) is 4.79 Å². The molecular formula is C17H29NO4. The Hall–Kier alpha value is -1.52. The lowest BCUT2D eigenvalue weighted by Crippen LogP contribution is -2.52. The fourth-order valence-corrected chi connectivity index (χ4v) is 2.60. The summed E-state index contributed by atoms with van der Waals surface area (Å²) in [5.41, 5.74) is 0.0982. The van der Waals surface area contributed by atoms with E-state index in [4.69, 9.17) is 9.47 Å². The van der Waals surface area contributed by atoms with Crippen molar-refractivity contribution in [2.75, 3.05) is 0 Å². The van der Waals surface area contributed by atoms with E-state index in [1.165, 1.54) is 6.92 Å². The van der Waals surface area contributed by atoms with Gasteiger partial charge in [-0.3, -0.25) is 4.79 Å². The Kier molecular flexibility index (Phi) is 5.65. The number of rotatable bonds is 3. The van der Waals surface area contributed by atoms with E-state index < -0.39 is 17.2 Å². The van der Waals surface area contributed by atoms with Gasteiger partial charge in [-0.1, -0.05) is 6.08 Å². The van der Waals surface area contributed by atoms with E-state index in [0.29, 0.717) is 6.42 Å². The first-order valence-corrected chi connectivity index (χ1v) is 7.76. The van der Waals surface area contributed by atoms with Crippen LogP contribution < -0.4 is 5.32 Å². The van der Waals surface area contributed by atoms with E-state index in [2.05, 4.69) is 11.4 Å². The molecule has 0 aromatic heterocycles. The zero-order chi connectivity index (χ0) is 17.1. The second-order valence-corrected chi connectivity index (χ2v) is 7.56. The third-order valence-corrected chi connectivity index (χ3v) is 3.88. The second-order valence-electron chi connectivity index (χ2n) is 7.56. The Morgan fingerprint density at radius 3 is 2.32 bits per heavy atom. The molecule has 2 atom stereocenters. The highest BCUT2D eigenvalue weighted by atomic mass is 16.6. The molecule has 1 N–H and O–H groups in total. The van der Waals surface area contributed by atoms with Crippen LogP contribution in [0.5, 0.6) is 0 Å². The van der Waals surface area contributed by atoms with Crippen molar-refractivity contribution in [2.24, 2.45) is 5.92 Å². The normalized spacial score (nSPS) is 22.6. The highest BCUT2D eigenvalue weighted by Crippen LogP contribution is 2.33. The number of allylic oxidation sites excluding steroid dienone is 1. The molecule has 0 radical (unpaired) electrons. The molecule has 5 heteroatoms. The van der Waals surface area contributed by atoms with Crippen molar-refractivity contribution in [2.45, 2.75) is 78.6 Å². The van der Waals surface area contributed by atoms with Crippen molar-refractivity contribution in [1.82, 2.24) is 5.32 Å². The van der Waals surface area contributed by atoms with Gasteiger partial charge in [0.25, 0.3) is 0 Å². The van der Waals surface area contributed by atoms with Gasteiger partial charge in [0.15, 0.2) is 0 Å². The van der Waals surface area contributed by atoms with Gasteiger partial charge >= 0.3 is 12.1 Å². The third kappa shape index (κ3) is 5.70. The number of nitrogens with one attached hydrogen (secondary N) is 1. The summed E-state index contributed by atoms with van der Waals surface area (Å²) in [6.45, 7) is 12.8. The minimum Gasteiger partial charge on any atom is -0.458 e.